The first-order valence-corrected chi connectivity index (χ1v) is 10.1. The first-order chi connectivity index (χ1) is 13.3. The molecule has 2 N–H and O–H groups in total. The fourth-order valence-electron chi connectivity index (χ4n) is 3.80. The van der Waals surface area contributed by atoms with Gasteiger partial charge >= 0.3 is 0 Å². The van der Waals surface area contributed by atoms with Gasteiger partial charge in [-0.05, 0) is 47.8 Å². The molecule has 2 aromatic heterocycles. The molecule has 5 heteroatoms. The zero-order chi connectivity index (χ0) is 20.4. The Hall–Kier alpha value is -2.40. The standard InChI is InChI=1S/C23H31N3O2/c1-14(2)8-16-10-19-18-6-7-25-12-20(18)23(27)26(5)21(19)11-22(16)28-13-17(24)9-15(3)4/h6-7,10-12,14-15,17H,8-9,13,24H2,1-5H3/t17-/m0/s1. The average Bonchev–Trinajstić information content (AvgIpc) is 2.63. The Kier molecular flexibility index (Phi) is 6.04. The minimum atomic E-state index is -0.0466. The van der Waals surface area contributed by atoms with Gasteiger partial charge in [0.05, 0.1) is 10.9 Å². The number of benzene rings is 1. The van der Waals surface area contributed by atoms with E-state index in [0.717, 1.165) is 40.4 Å². The van der Waals surface area contributed by atoms with Crippen molar-refractivity contribution in [3.05, 3.63) is 46.5 Å². The van der Waals surface area contributed by atoms with Crippen LogP contribution in [-0.2, 0) is 13.5 Å². The molecule has 0 fully saturated rings. The van der Waals surface area contributed by atoms with E-state index in [1.165, 1.54) is 0 Å². The second-order valence-electron chi connectivity index (χ2n) is 8.56. The molecule has 150 valence electrons. The summed E-state index contributed by atoms with van der Waals surface area (Å²) in [5.41, 5.74) is 8.19. The first kappa shape index (κ1) is 20.3. The molecular weight excluding hydrogens is 350 g/mol. The van der Waals surface area contributed by atoms with E-state index in [1.807, 2.05) is 12.1 Å². The summed E-state index contributed by atoms with van der Waals surface area (Å²) in [6.07, 6.45) is 5.20. The molecule has 0 unspecified atom stereocenters. The Balaban J connectivity index is 2.13. The van der Waals surface area contributed by atoms with E-state index >= 15 is 0 Å². The third kappa shape index (κ3) is 4.20. The number of aryl methyl sites for hydroxylation is 1. The van der Waals surface area contributed by atoms with Gasteiger partial charge in [-0.2, -0.15) is 0 Å². The van der Waals surface area contributed by atoms with E-state index in [4.69, 9.17) is 10.5 Å². The van der Waals surface area contributed by atoms with Crippen molar-refractivity contribution in [2.45, 2.75) is 46.6 Å². The van der Waals surface area contributed by atoms with Crippen LogP contribution in [0.25, 0.3) is 21.7 Å². The fourth-order valence-corrected chi connectivity index (χ4v) is 3.80. The molecule has 0 saturated carbocycles. The number of hydrogen-bond donors (Lipinski definition) is 1. The highest BCUT2D eigenvalue weighted by Gasteiger charge is 2.15. The normalized spacial score (nSPS) is 13.0. The Bertz CT molecular complexity index is 1040. The zero-order valence-corrected chi connectivity index (χ0v) is 17.5. The van der Waals surface area contributed by atoms with E-state index in [9.17, 15) is 4.79 Å². The molecule has 2 heterocycles. The summed E-state index contributed by atoms with van der Waals surface area (Å²) >= 11 is 0. The summed E-state index contributed by atoms with van der Waals surface area (Å²) in [6, 6.07) is 6.07. The Morgan fingerprint density at radius 3 is 2.54 bits per heavy atom. The molecule has 1 aromatic carbocycles. The maximum Gasteiger partial charge on any atom is 0.260 e. The monoisotopic (exact) mass is 381 g/mol. The van der Waals surface area contributed by atoms with Crippen molar-refractivity contribution in [2.75, 3.05) is 6.61 Å². The number of ether oxygens (including phenoxy) is 1. The van der Waals surface area contributed by atoms with Gasteiger partial charge in [-0.1, -0.05) is 27.7 Å². The fraction of sp³-hybridized carbons (Fsp3) is 0.478. The zero-order valence-electron chi connectivity index (χ0n) is 17.5. The Morgan fingerprint density at radius 2 is 1.86 bits per heavy atom. The van der Waals surface area contributed by atoms with Crippen LogP contribution in [0.3, 0.4) is 0 Å². The second kappa shape index (κ2) is 8.31. The molecule has 0 aliphatic rings. The van der Waals surface area contributed by atoms with Gasteiger partial charge in [-0.15, -0.1) is 0 Å². The average molecular weight is 382 g/mol. The van der Waals surface area contributed by atoms with E-state index in [1.54, 1.807) is 24.0 Å². The summed E-state index contributed by atoms with van der Waals surface area (Å²) in [7, 11) is 1.80. The molecule has 3 rings (SSSR count). The van der Waals surface area contributed by atoms with Gasteiger partial charge in [0.15, 0.2) is 0 Å². The SMILES string of the molecule is CC(C)Cc1cc2c3ccncc3c(=O)n(C)c2cc1OC[C@@H](N)CC(C)C. The lowest BCUT2D eigenvalue weighted by Crippen LogP contribution is -2.29. The number of pyridine rings is 2. The van der Waals surface area contributed by atoms with Gasteiger partial charge in [-0.25, -0.2) is 0 Å². The van der Waals surface area contributed by atoms with Crippen LogP contribution in [0.2, 0.25) is 0 Å². The van der Waals surface area contributed by atoms with E-state index < -0.39 is 0 Å². The van der Waals surface area contributed by atoms with Crippen LogP contribution in [0.15, 0.2) is 35.4 Å². The maximum absolute atomic E-state index is 12.8. The van der Waals surface area contributed by atoms with Crippen molar-refractivity contribution in [3.8, 4) is 5.75 Å². The lowest BCUT2D eigenvalue weighted by molar-refractivity contribution is 0.268. The van der Waals surface area contributed by atoms with Crippen molar-refractivity contribution < 1.29 is 4.74 Å². The van der Waals surface area contributed by atoms with Gasteiger partial charge < -0.3 is 15.0 Å². The number of nitrogens with zero attached hydrogens (tertiary/aromatic N) is 2. The van der Waals surface area contributed by atoms with E-state index in [-0.39, 0.29) is 11.6 Å². The molecular formula is C23H31N3O2. The lowest BCUT2D eigenvalue weighted by Gasteiger charge is -2.19. The topological polar surface area (TPSA) is 70.1 Å². The lowest BCUT2D eigenvalue weighted by atomic mass is 9.98. The van der Waals surface area contributed by atoms with Crippen LogP contribution in [0.1, 0.15) is 39.7 Å². The molecule has 0 bridgehead atoms. The van der Waals surface area contributed by atoms with Crippen molar-refractivity contribution in [1.29, 1.82) is 0 Å². The van der Waals surface area contributed by atoms with Crippen molar-refractivity contribution in [3.63, 3.8) is 0 Å². The van der Waals surface area contributed by atoms with Gasteiger partial charge in [0, 0.05) is 36.9 Å². The van der Waals surface area contributed by atoms with Crippen LogP contribution < -0.4 is 16.0 Å². The molecule has 0 aliphatic carbocycles. The van der Waals surface area contributed by atoms with Crippen LogP contribution >= 0.6 is 0 Å². The minimum Gasteiger partial charge on any atom is -0.492 e. The number of nitrogens with two attached hydrogens (primary N) is 1. The first-order valence-electron chi connectivity index (χ1n) is 10.1. The number of rotatable bonds is 7. The summed E-state index contributed by atoms with van der Waals surface area (Å²) < 4.78 is 7.84. The summed E-state index contributed by atoms with van der Waals surface area (Å²) in [5, 5.41) is 2.62. The predicted molar refractivity (Wildman–Crippen MR) is 116 cm³/mol. The summed E-state index contributed by atoms with van der Waals surface area (Å²) in [5.74, 6) is 1.85. The number of hydrogen-bond acceptors (Lipinski definition) is 4. The van der Waals surface area contributed by atoms with Gasteiger partial charge in [0.1, 0.15) is 12.4 Å². The predicted octanol–water partition coefficient (Wildman–Crippen LogP) is 4.04. The third-order valence-electron chi connectivity index (χ3n) is 5.04. The molecule has 0 amide bonds. The number of aromatic nitrogens is 2. The van der Waals surface area contributed by atoms with Gasteiger partial charge in [0.2, 0.25) is 0 Å². The van der Waals surface area contributed by atoms with Crippen LogP contribution in [0.5, 0.6) is 5.75 Å². The molecule has 28 heavy (non-hydrogen) atoms. The number of fused-ring (bicyclic) bond motifs is 3. The maximum atomic E-state index is 12.8. The van der Waals surface area contributed by atoms with E-state index in [2.05, 4.69) is 38.7 Å². The molecule has 5 nitrogen and oxygen atoms in total. The molecule has 0 aliphatic heterocycles. The van der Waals surface area contributed by atoms with E-state index in [0.29, 0.717) is 23.8 Å². The summed E-state index contributed by atoms with van der Waals surface area (Å²) in [6.45, 7) is 9.19. The highest BCUT2D eigenvalue weighted by atomic mass is 16.5. The smallest absolute Gasteiger partial charge is 0.260 e. The van der Waals surface area contributed by atoms with Crippen molar-refractivity contribution in [1.82, 2.24) is 9.55 Å². The van der Waals surface area contributed by atoms with Gasteiger partial charge in [-0.3, -0.25) is 9.78 Å². The van der Waals surface area contributed by atoms with Gasteiger partial charge in [0.25, 0.3) is 5.56 Å². The van der Waals surface area contributed by atoms with Crippen molar-refractivity contribution >= 4 is 21.7 Å². The highest BCUT2D eigenvalue weighted by molar-refractivity contribution is 6.05. The highest BCUT2D eigenvalue weighted by Crippen LogP contribution is 2.31. The Labute approximate surface area is 166 Å². The molecule has 0 saturated heterocycles. The van der Waals surface area contributed by atoms with Crippen LogP contribution in [-0.4, -0.2) is 22.2 Å². The summed E-state index contributed by atoms with van der Waals surface area (Å²) in [4.78, 5) is 16.9. The molecule has 0 radical (unpaired) electrons. The largest absolute Gasteiger partial charge is 0.492 e. The van der Waals surface area contributed by atoms with Crippen LogP contribution in [0.4, 0.5) is 0 Å². The Morgan fingerprint density at radius 1 is 1.11 bits per heavy atom. The molecule has 3 aromatic rings. The quantitative estimate of drug-likeness (QED) is 0.627. The molecule has 0 spiro atoms. The van der Waals surface area contributed by atoms with Crippen LogP contribution in [0, 0.1) is 11.8 Å². The minimum absolute atomic E-state index is 0.00547. The van der Waals surface area contributed by atoms with Crippen molar-refractivity contribution in [2.24, 2.45) is 24.6 Å². The third-order valence-corrected chi connectivity index (χ3v) is 5.04. The molecule has 1 atom stereocenters. The second-order valence-corrected chi connectivity index (χ2v) is 8.56.